The fourth-order valence-corrected chi connectivity index (χ4v) is 3.37. The van der Waals surface area contributed by atoms with Gasteiger partial charge in [-0.25, -0.2) is 0 Å². The number of hydrogen-bond donors (Lipinski definition) is 7. The summed E-state index contributed by atoms with van der Waals surface area (Å²) in [6.45, 7) is -0.719. The molecule has 9 atom stereocenters. The van der Waals surface area contributed by atoms with E-state index in [4.69, 9.17) is 28.4 Å². The van der Waals surface area contributed by atoms with Crippen LogP contribution >= 0.6 is 0 Å². The molecule has 2 aliphatic rings. The Kier molecular flexibility index (Phi) is 7.97. The Bertz CT molecular complexity index is 736. The number of methoxy groups -OCH3 is 2. The molecular formula is C19H28O13. The minimum atomic E-state index is -1.69. The zero-order valence-corrected chi connectivity index (χ0v) is 17.3. The average molecular weight is 464 g/mol. The van der Waals surface area contributed by atoms with Crippen LogP contribution in [0.25, 0.3) is 0 Å². The number of aromatic hydroxyl groups is 1. The fourth-order valence-electron chi connectivity index (χ4n) is 3.37. The molecule has 9 unspecified atom stereocenters. The second-order valence-corrected chi connectivity index (χ2v) is 7.40. The van der Waals surface area contributed by atoms with Crippen LogP contribution in [0.4, 0.5) is 0 Å². The Morgan fingerprint density at radius 1 is 0.844 bits per heavy atom. The lowest BCUT2D eigenvalue weighted by molar-refractivity contribution is -0.307. The lowest BCUT2D eigenvalue weighted by Crippen LogP contribution is -2.61. The third-order valence-corrected chi connectivity index (χ3v) is 5.23. The smallest absolute Gasteiger partial charge is 0.229 e. The Morgan fingerprint density at radius 2 is 1.44 bits per heavy atom. The van der Waals surface area contributed by atoms with Crippen LogP contribution in [0, 0.1) is 0 Å². The molecule has 13 heteroatoms. The van der Waals surface area contributed by atoms with Crippen molar-refractivity contribution in [1.82, 2.24) is 0 Å². The molecular weight excluding hydrogens is 436 g/mol. The van der Waals surface area contributed by atoms with Gasteiger partial charge in [-0.15, -0.1) is 0 Å². The number of aliphatic hydroxyl groups excluding tert-OH is 6. The van der Waals surface area contributed by atoms with E-state index < -0.39 is 61.9 Å². The Morgan fingerprint density at radius 3 is 2.03 bits per heavy atom. The molecule has 182 valence electrons. The lowest BCUT2D eigenvalue weighted by atomic mass is 9.99. The third-order valence-electron chi connectivity index (χ3n) is 5.23. The van der Waals surface area contributed by atoms with Crippen LogP contribution in [0.1, 0.15) is 0 Å². The predicted molar refractivity (Wildman–Crippen MR) is 102 cm³/mol. The summed E-state index contributed by atoms with van der Waals surface area (Å²) in [5.74, 6) is -0.103. The number of benzene rings is 1. The average Bonchev–Trinajstić information content (AvgIpc) is 2.78. The SMILES string of the molecule is COc1cc(O)cc(OC)c1OC1OC(COC2OCC(O)C(O)C2O)C(O)C(O)C1O. The Hall–Kier alpha value is -1.94. The second-order valence-electron chi connectivity index (χ2n) is 7.40. The summed E-state index contributed by atoms with van der Waals surface area (Å²) >= 11 is 0. The molecule has 7 N–H and O–H groups in total. The van der Waals surface area contributed by atoms with Crippen molar-refractivity contribution in [3.05, 3.63) is 12.1 Å². The highest BCUT2D eigenvalue weighted by Gasteiger charge is 2.47. The number of aliphatic hydroxyl groups is 6. The van der Waals surface area contributed by atoms with Gasteiger partial charge in [0.1, 0.15) is 48.5 Å². The van der Waals surface area contributed by atoms with Gasteiger partial charge >= 0.3 is 0 Å². The zero-order valence-electron chi connectivity index (χ0n) is 17.3. The van der Waals surface area contributed by atoms with Crippen LogP contribution in [0.15, 0.2) is 12.1 Å². The molecule has 1 aromatic carbocycles. The van der Waals surface area contributed by atoms with Gasteiger partial charge in [0, 0.05) is 12.1 Å². The van der Waals surface area contributed by atoms with Crippen molar-refractivity contribution in [3.63, 3.8) is 0 Å². The van der Waals surface area contributed by atoms with Gasteiger partial charge in [0.05, 0.1) is 27.4 Å². The molecule has 0 bridgehead atoms. The molecule has 0 spiro atoms. The molecule has 0 amide bonds. The molecule has 13 nitrogen and oxygen atoms in total. The summed E-state index contributed by atoms with van der Waals surface area (Å²) in [6.07, 6.45) is -13.4. The summed E-state index contributed by atoms with van der Waals surface area (Å²) in [6, 6.07) is 2.47. The number of rotatable bonds is 7. The van der Waals surface area contributed by atoms with Crippen molar-refractivity contribution in [1.29, 1.82) is 0 Å². The van der Waals surface area contributed by atoms with Gasteiger partial charge in [0.25, 0.3) is 0 Å². The van der Waals surface area contributed by atoms with Crippen LogP contribution in [-0.4, -0.2) is 118 Å². The lowest BCUT2D eigenvalue weighted by Gasteiger charge is -2.41. The molecule has 3 rings (SSSR count). The number of phenols is 1. The Balaban J connectivity index is 1.72. The minimum absolute atomic E-state index is 0.0387. The van der Waals surface area contributed by atoms with E-state index in [1.54, 1.807) is 0 Å². The van der Waals surface area contributed by atoms with Gasteiger partial charge in [-0.3, -0.25) is 0 Å². The first kappa shape index (κ1) is 24.7. The Labute approximate surface area is 182 Å². The highest BCUT2D eigenvalue weighted by atomic mass is 16.7. The van der Waals surface area contributed by atoms with E-state index in [1.807, 2.05) is 0 Å². The van der Waals surface area contributed by atoms with Crippen molar-refractivity contribution in [3.8, 4) is 23.0 Å². The predicted octanol–water partition coefficient (Wildman–Crippen LogP) is -2.95. The van der Waals surface area contributed by atoms with Crippen LogP contribution in [-0.2, 0) is 14.2 Å². The maximum absolute atomic E-state index is 10.3. The number of ether oxygens (including phenoxy) is 6. The van der Waals surface area contributed by atoms with E-state index in [0.29, 0.717) is 0 Å². The first-order valence-electron chi connectivity index (χ1n) is 9.76. The van der Waals surface area contributed by atoms with Crippen LogP contribution in [0.2, 0.25) is 0 Å². The molecule has 0 aliphatic carbocycles. The van der Waals surface area contributed by atoms with Gasteiger partial charge in [-0.1, -0.05) is 0 Å². The maximum Gasteiger partial charge on any atom is 0.229 e. The van der Waals surface area contributed by atoms with E-state index >= 15 is 0 Å². The molecule has 32 heavy (non-hydrogen) atoms. The van der Waals surface area contributed by atoms with Gasteiger partial charge in [-0.05, 0) is 0 Å². The van der Waals surface area contributed by atoms with Crippen molar-refractivity contribution in [2.45, 2.75) is 55.3 Å². The molecule has 0 radical (unpaired) electrons. The zero-order chi connectivity index (χ0) is 23.6. The van der Waals surface area contributed by atoms with E-state index in [1.165, 1.54) is 26.4 Å². The largest absolute Gasteiger partial charge is 0.508 e. The highest BCUT2D eigenvalue weighted by Crippen LogP contribution is 2.42. The van der Waals surface area contributed by atoms with Crippen molar-refractivity contribution in [2.75, 3.05) is 27.4 Å². The van der Waals surface area contributed by atoms with Crippen LogP contribution in [0.3, 0.4) is 0 Å². The molecule has 2 aliphatic heterocycles. The monoisotopic (exact) mass is 464 g/mol. The first-order chi connectivity index (χ1) is 15.2. The minimum Gasteiger partial charge on any atom is -0.508 e. The molecule has 0 aromatic heterocycles. The summed E-state index contributed by atoms with van der Waals surface area (Å²) in [4.78, 5) is 0. The molecule has 2 saturated heterocycles. The normalized spacial score (nSPS) is 37.7. The van der Waals surface area contributed by atoms with Gasteiger partial charge in [0.2, 0.25) is 12.0 Å². The van der Waals surface area contributed by atoms with Crippen molar-refractivity contribution >= 4 is 0 Å². The van der Waals surface area contributed by atoms with Gasteiger partial charge in [-0.2, -0.15) is 0 Å². The summed E-state index contributed by atoms with van der Waals surface area (Å²) in [5.41, 5.74) is 0. The van der Waals surface area contributed by atoms with E-state index in [2.05, 4.69) is 0 Å². The standard InChI is InChI=1S/C19H28O13/c1-27-9-3-7(20)4-10(28-2)17(9)32-19-16(26)14(24)13(23)11(31-19)6-30-18-15(25)12(22)8(21)5-29-18/h3-4,8,11-16,18-26H,5-6H2,1-2H3. The van der Waals surface area contributed by atoms with Crippen LogP contribution < -0.4 is 14.2 Å². The topological polar surface area (TPSA) is 197 Å². The molecule has 0 saturated carbocycles. The summed E-state index contributed by atoms with van der Waals surface area (Å²) in [7, 11) is 2.63. The fraction of sp³-hybridized carbons (Fsp3) is 0.684. The van der Waals surface area contributed by atoms with Crippen molar-refractivity contribution < 1.29 is 64.2 Å². The second kappa shape index (κ2) is 10.3. The molecule has 1 aromatic rings. The van der Waals surface area contributed by atoms with Gasteiger partial charge < -0.3 is 64.2 Å². The quantitative estimate of drug-likeness (QED) is 0.216. The summed E-state index contributed by atoms with van der Waals surface area (Å²) < 4.78 is 32.0. The van der Waals surface area contributed by atoms with Crippen molar-refractivity contribution in [2.24, 2.45) is 0 Å². The highest BCUT2D eigenvalue weighted by molar-refractivity contribution is 5.55. The summed E-state index contributed by atoms with van der Waals surface area (Å²) in [5, 5.41) is 69.8. The number of hydrogen-bond acceptors (Lipinski definition) is 13. The van der Waals surface area contributed by atoms with E-state index in [9.17, 15) is 35.7 Å². The molecule has 2 heterocycles. The third kappa shape index (κ3) is 5.01. The van der Waals surface area contributed by atoms with Crippen LogP contribution in [0.5, 0.6) is 23.0 Å². The molecule has 2 fully saturated rings. The maximum atomic E-state index is 10.3. The van der Waals surface area contributed by atoms with E-state index in [0.717, 1.165) is 0 Å². The van der Waals surface area contributed by atoms with E-state index in [-0.39, 0.29) is 29.6 Å². The first-order valence-corrected chi connectivity index (χ1v) is 9.76. The van der Waals surface area contributed by atoms with Gasteiger partial charge in [0.15, 0.2) is 17.8 Å². The number of phenolic OH excluding ortho intramolecular Hbond substituents is 1.